The van der Waals surface area contributed by atoms with Crippen molar-refractivity contribution >= 4 is 16.0 Å². The van der Waals surface area contributed by atoms with Gasteiger partial charge >= 0.3 is 5.97 Å². The highest BCUT2D eigenvalue weighted by Crippen LogP contribution is 2.15. The quantitative estimate of drug-likeness (QED) is 0.638. The van der Waals surface area contributed by atoms with E-state index in [1.807, 2.05) is 0 Å². The molecule has 1 atom stereocenters. The minimum atomic E-state index is -3.81. The van der Waals surface area contributed by atoms with E-state index in [0.717, 1.165) is 6.07 Å². The van der Waals surface area contributed by atoms with Crippen molar-refractivity contribution in [2.75, 3.05) is 20.3 Å². The van der Waals surface area contributed by atoms with E-state index in [1.165, 1.54) is 19.2 Å². The predicted octanol–water partition coefficient (Wildman–Crippen LogP) is 0.369. The summed E-state index contributed by atoms with van der Waals surface area (Å²) in [6, 6.07) is 3.90. The number of carboxylic acids is 1. The van der Waals surface area contributed by atoms with Gasteiger partial charge in [0.1, 0.15) is 0 Å². The van der Waals surface area contributed by atoms with Crippen LogP contribution in [0.25, 0.3) is 0 Å². The average Bonchev–Trinajstić information content (AvgIpc) is 2.38. The lowest BCUT2D eigenvalue weighted by Crippen LogP contribution is -2.28. The Hall–Kier alpha value is -1.48. The number of aliphatic hydroxyl groups excluding tert-OH is 1. The molecule has 21 heavy (non-hydrogen) atoms. The molecule has 0 radical (unpaired) electrons. The highest BCUT2D eigenvalue weighted by molar-refractivity contribution is 7.89. The summed E-state index contributed by atoms with van der Waals surface area (Å²) in [6.45, 7) is 1.74. The summed E-state index contributed by atoms with van der Waals surface area (Å²) < 4.78 is 31.1. The molecule has 0 aliphatic heterocycles. The van der Waals surface area contributed by atoms with Crippen LogP contribution in [0.3, 0.4) is 0 Å². The second kappa shape index (κ2) is 7.51. The molecule has 0 heterocycles. The number of hydrogen-bond acceptors (Lipinski definition) is 5. The summed E-state index contributed by atoms with van der Waals surface area (Å²) in [5, 5.41) is 18.4. The maximum atomic E-state index is 12.0. The molecule has 8 heteroatoms. The molecule has 3 N–H and O–H groups in total. The van der Waals surface area contributed by atoms with Crippen LogP contribution >= 0.6 is 0 Å². The van der Waals surface area contributed by atoms with E-state index in [-0.39, 0.29) is 30.0 Å². The number of sulfonamides is 1. The van der Waals surface area contributed by atoms with E-state index in [9.17, 15) is 18.3 Å². The third-order valence-corrected chi connectivity index (χ3v) is 4.34. The fourth-order valence-electron chi connectivity index (χ4n) is 1.72. The second-order valence-electron chi connectivity index (χ2n) is 4.58. The Morgan fingerprint density at radius 1 is 1.43 bits per heavy atom. The van der Waals surface area contributed by atoms with Crippen LogP contribution in [0, 0.1) is 6.92 Å². The van der Waals surface area contributed by atoms with Gasteiger partial charge in [-0.15, -0.1) is 0 Å². The molecule has 0 bridgehead atoms. The highest BCUT2D eigenvalue weighted by Gasteiger charge is 2.17. The van der Waals surface area contributed by atoms with E-state index >= 15 is 0 Å². The lowest BCUT2D eigenvalue weighted by molar-refractivity contribution is 0.0603. The van der Waals surface area contributed by atoms with Crippen LogP contribution < -0.4 is 4.72 Å². The molecule has 118 valence electrons. The molecule has 7 nitrogen and oxygen atoms in total. The molecule has 0 saturated carbocycles. The lowest BCUT2D eigenvalue weighted by Gasteiger charge is -2.11. The number of carbonyl (C=O) groups is 1. The number of ether oxygens (including phenoxy) is 1. The summed E-state index contributed by atoms with van der Waals surface area (Å²) in [6.07, 6.45) is -0.560. The summed E-state index contributed by atoms with van der Waals surface area (Å²) >= 11 is 0. The Labute approximate surface area is 123 Å². The number of benzene rings is 1. The van der Waals surface area contributed by atoms with E-state index in [2.05, 4.69) is 4.72 Å². The first-order valence-corrected chi connectivity index (χ1v) is 7.77. The molecular formula is C13H19NO6S. The van der Waals surface area contributed by atoms with Crippen LogP contribution in [0.1, 0.15) is 22.3 Å². The number of methoxy groups -OCH3 is 1. The second-order valence-corrected chi connectivity index (χ2v) is 6.34. The van der Waals surface area contributed by atoms with Gasteiger partial charge in [-0.1, -0.05) is 6.07 Å². The molecule has 0 aromatic heterocycles. The molecule has 1 aromatic carbocycles. The SMILES string of the molecule is COCC(O)CCNS(=O)(=O)c1ccc(C)c(C(=O)O)c1. The monoisotopic (exact) mass is 317 g/mol. The Kier molecular flexibility index (Phi) is 6.28. The highest BCUT2D eigenvalue weighted by atomic mass is 32.2. The first kappa shape index (κ1) is 17.6. The number of nitrogens with one attached hydrogen (secondary N) is 1. The van der Waals surface area contributed by atoms with Gasteiger partial charge in [-0.05, 0) is 31.0 Å². The van der Waals surface area contributed by atoms with Crippen molar-refractivity contribution in [3.63, 3.8) is 0 Å². The standard InChI is InChI=1S/C13H19NO6S/c1-9-3-4-11(7-12(9)13(16)17)21(18,19)14-6-5-10(15)8-20-2/h3-4,7,10,14-15H,5-6,8H2,1-2H3,(H,16,17). The van der Waals surface area contributed by atoms with Gasteiger partial charge in [0, 0.05) is 13.7 Å². The first-order chi connectivity index (χ1) is 9.77. The summed E-state index contributed by atoms with van der Waals surface area (Å²) in [7, 11) is -2.37. The molecule has 0 aliphatic carbocycles. The van der Waals surface area contributed by atoms with Crippen molar-refractivity contribution in [3.05, 3.63) is 29.3 Å². The number of carboxylic acid groups (broad SMARTS) is 1. The molecule has 0 amide bonds. The van der Waals surface area contributed by atoms with Crippen LogP contribution in [0.4, 0.5) is 0 Å². The molecule has 0 fully saturated rings. The summed E-state index contributed by atoms with van der Waals surface area (Å²) in [5.74, 6) is -1.18. The Balaban J connectivity index is 2.79. The van der Waals surface area contributed by atoms with Gasteiger partial charge < -0.3 is 14.9 Å². The maximum absolute atomic E-state index is 12.0. The molecule has 0 saturated heterocycles. The van der Waals surface area contributed by atoms with Gasteiger partial charge in [0.25, 0.3) is 0 Å². The van der Waals surface area contributed by atoms with Gasteiger partial charge in [-0.3, -0.25) is 0 Å². The zero-order valence-corrected chi connectivity index (χ0v) is 12.7. The fourth-order valence-corrected chi connectivity index (χ4v) is 2.79. The summed E-state index contributed by atoms with van der Waals surface area (Å²) in [4.78, 5) is 10.9. The zero-order chi connectivity index (χ0) is 16.0. The van der Waals surface area contributed by atoms with Gasteiger partial charge in [0.2, 0.25) is 10.0 Å². The van der Waals surface area contributed by atoms with Crippen LogP contribution in [0.2, 0.25) is 0 Å². The molecule has 0 spiro atoms. The number of aliphatic hydroxyl groups is 1. The lowest BCUT2D eigenvalue weighted by atomic mass is 10.1. The van der Waals surface area contributed by atoms with Gasteiger partial charge in [-0.2, -0.15) is 0 Å². The Morgan fingerprint density at radius 2 is 2.10 bits per heavy atom. The number of aromatic carboxylic acids is 1. The van der Waals surface area contributed by atoms with Crippen molar-refractivity contribution < 1.29 is 28.2 Å². The zero-order valence-electron chi connectivity index (χ0n) is 11.9. The minimum Gasteiger partial charge on any atom is -0.478 e. The molecule has 1 unspecified atom stereocenters. The Morgan fingerprint density at radius 3 is 2.67 bits per heavy atom. The number of hydrogen-bond donors (Lipinski definition) is 3. The number of aryl methyl sites for hydroxylation is 1. The van der Waals surface area contributed by atoms with Crippen LogP contribution in [0.15, 0.2) is 23.1 Å². The molecular weight excluding hydrogens is 298 g/mol. The fraction of sp³-hybridized carbons (Fsp3) is 0.462. The first-order valence-electron chi connectivity index (χ1n) is 6.28. The van der Waals surface area contributed by atoms with Crippen molar-refractivity contribution in [2.45, 2.75) is 24.3 Å². The van der Waals surface area contributed by atoms with Crippen molar-refractivity contribution in [3.8, 4) is 0 Å². The molecule has 0 aliphatic rings. The van der Waals surface area contributed by atoms with E-state index in [4.69, 9.17) is 9.84 Å². The summed E-state index contributed by atoms with van der Waals surface area (Å²) in [5.41, 5.74) is 0.425. The molecule has 1 aromatic rings. The smallest absolute Gasteiger partial charge is 0.335 e. The van der Waals surface area contributed by atoms with Crippen molar-refractivity contribution in [1.29, 1.82) is 0 Å². The van der Waals surface area contributed by atoms with E-state index < -0.39 is 22.1 Å². The van der Waals surface area contributed by atoms with Gasteiger partial charge in [-0.25, -0.2) is 17.9 Å². The topological polar surface area (TPSA) is 113 Å². The predicted molar refractivity (Wildman–Crippen MR) is 75.8 cm³/mol. The minimum absolute atomic E-state index is 0.0309. The molecule has 1 rings (SSSR count). The van der Waals surface area contributed by atoms with Crippen molar-refractivity contribution in [1.82, 2.24) is 4.72 Å². The average molecular weight is 317 g/mol. The van der Waals surface area contributed by atoms with Crippen LogP contribution in [0.5, 0.6) is 0 Å². The van der Waals surface area contributed by atoms with Gasteiger partial charge in [0.15, 0.2) is 0 Å². The van der Waals surface area contributed by atoms with Crippen LogP contribution in [-0.2, 0) is 14.8 Å². The van der Waals surface area contributed by atoms with Gasteiger partial charge in [0.05, 0.1) is 23.2 Å². The third-order valence-electron chi connectivity index (χ3n) is 2.88. The normalized spacial score (nSPS) is 13.1. The Bertz CT molecular complexity index is 599. The maximum Gasteiger partial charge on any atom is 0.335 e. The van der Waals surface area contributed by atoms with E-state index in [0.29, 0.717) is 5.56 Å². The largest absolute Gasteiger partial charge is 0.478 e. The van der Waals surface area contributed by atoms with Crippen molar-refractivity contribution in [2.24, 2.45) is 0 Å². The third kappa shape index (κ3) is 5.09. The van der Waals surface area contributed by atoms with E-state index in [1.54, 1.807) is 6.92 Å². The van der Waals surface area contributed by atoms with Crippen LogP contribution in [-0.4, -0.2) is 51.0 Å². The number of rotatable bonds is 8.